The van der Waals surface area contributed by atoms with Crippen LogP contribution < -0.4 is 10.2 Å². The first kappa shape index (κ1) is 22.5. The Morgan fingerprint density at radius 2 is 2.00 bits per heavy atom. The first-order valence-corrected chi connectivity index (χ1v) is 12.5. The van der Waals surface area contributed by atoms with Gasteiger partial charge in [0.2, 0.25) is 0 Å². The third-order valence-corrected chi connectivity index (χ3v) is 6.53. The van der Waals surface area contributed by atoms with Crippen LogP contribution in [-0.4, -0.2) is 56.4 Å². The van der Waals surface area contributed by atoms with Gasteiger partial charge in [-0.05, 0) is 56.1 Å². The SMILES string of the molecule is CSn1ccc(C(=O)NCc2nc3nc(-c4cccc(N5CC(C)OC(C)C5)c4)ccc3[nH]2)c1. The predicted octanol–water partition coefficient (Wildman–Crippen LogP) is 4.10. The van der Waals surface area contributed by atoms with Crippen LogP contribution in [0.2, 0.25) is 0 Å². The first-order chi connectivity index (χ1) is 16.5. The lowest BCUT2D eigenvalue weighted by atomic mass is 10.1. The molecule has 0 spiro atoms. The fraction of sp³-hybridized carbons (Fsp3) is 0.320. The largest absolute Gasteiger partial charge is 0.372 e. The molecule has 1 aliphatic rings. The number of carbonyl (C=O) groups is 1. The van der Waals surface area contributed by atoms with Crippen molar-refractivity contribution in [3.63, 3.8) is 0 Å². The number of imidazole rings is 1. The number of rotatable bonds is 6. The minimum absolute atomic E-state index is 0.134. The van der Waals surface area contributed by atoms with Crippen molar-refractivity contribution in [2.75, 3.05) is 24.2 Å². The lowest BCUT2D eigenvalue weighted by Crippen LogP contribution is -2.45. The van der Waals surface area contributed by atoms with Crippen LogP contribution in [0, 0.1) is 0 Å². The Kier molecular flexibility index (Phi) is 6.30. The Hall–Kier alpha value is -3.30. The van der Waals surface area contributed by atoms with Gasteiger partial charge in [0, 0.05) is 43.0 Å². The molecular weight excluding hydrogens is 448 g/mol. The van der Waals surface area contributed by atoms with Crippen LogP contribution in [0.15, 0.2) is 54.9 Å². The zero-order valence-electron chi connectivity index (χ0n) is 19.5. The average molecular weight is 477 g/mol. The van der Waals surface area contributed by atoms with Gasteiger partial charge in [-0.3, -0.25) is 8.77 Å². The highest BCUT2D eigenvalue weighted by molar-refractivity contribution is 7.97. The lowest BCUT2D eigenvalue weighted by Gasteiger charge is -2.37. The van der Waals surface area contributed by atoms with Gasteiger partial charge in [-0.1, -0.05) is 12.1 Å². The third-order valence-electron chi connectivity index (χ3n) is 5.88. The van der Waals surface area contributed by atoms with E-state index < -0.39 is 0 Å². The molecule has 3 aromatic heterocycles. The molecule has 1 aliphatic heterocycles. The quantitative estimate of drug-likeness (QED) is 0.436. The van der Waals surface area contributed by atoms with E-state index >= 15 is 0 Å². The molecule has 1 amide bonds. The summed E-state index contributed by atoms with van der Waals surface area (Å²) >= 11 is 1.53. The summed E-state index contributed by atoms with van der Waals surface area (Å²) in [5.74, 6) is 0.535. The van der Waals surface area contributed by atoms with Crippen molar-refractivity contribution in [1.29, 1.82) is 0 Å². The smallest absolute Gasteiger partial charge is 0.253 e. The van der Waals surface area contributed by atoms with E-state index in [0.29, 0.717) is 23.6 Å². The molecule has 176 valence electrons. The summed E-state index contributed by atoms with van der Waals surface area (Å²) in [5, 5.41) is 2.91. The van der Waals surface area contributed by atoms with Crippen LogP contribution >= 0.6 is 11.9 Å². The van der Waals surface area contributed by atoms with Gasteiger partial charge in [-0.2, -0.15) is 0 Å². The van der Waals surface area contributed by atoms with Gasteiger partial charge in [0.25, 0.3) is 5.91 Å². The van der Waals surface area contributed by atoms with Crippen LogP contribution in [0.25, 0.3) is 22.4 Å². The molecular formula is C25H28N6O2S. The number of fused-ring (bicyclic) bond motifs is 1. The second-order valence-electron chi connectivity index (χ2n) is 8.59. The molecule has 0 saturated carbocycles. The minimum atomic E-state index is -0.134. The van der Waals surface area contributed by atoms with Crippen LogP contribution in [0.3, 0.4) is 0 Å². The second kappa shape index (κ2) is 9.52. The number of anilines is 1. The molecule has 0 radical (unpaired) electrons. The van der Waals surface area contributed by atoms with Crippen molar-refractivity contribution in [2.24, 2.45) is 0 Å². The zero-order valence-corrected chi connectivity index (χ0v) is 20.3. The van der Waals surface area contributed by atoms with E-state index in [2.05, 4.69) is 58.3 Å². The first-order valence-electron chi connectivity index (χ1n) is 11.4. The highest BCUT2D eigenvalue weighted by atomic mass is 32.2. The summed E-state index contributed by atoms with van der Waals surface area (Å²) in [7, 11) is 0. The molecule has 8 nitrogen and oxygen atoms in total. The highest BCUT2D eigenvalue weighted by Gasteiger charge is 2.22. The number of pyridine rings is 1. The number of aromatic amines is 1. The van der Waals surface area contributed by atoms with Gasteiger partial charge in [0.1, 0.15) is 5.82 Å². The standard InChI is InChI=1S/C25H28N6O2S/c1-16-13-30(14-17(2)33-16)20-6-4-5-18(11-20)21-7-8-22-24(28-21)29-23(27-22)12-26-25(32)19-9-10-31(15-19)34-3/h4-11,15-17H,12-14H2,1-3H3,(H,26,32)(H,27,28,29). The summed E-state index contributed by atoms with van der Waals surface area (Å²) in [5.41, 5.74) is 5.17. The topological polar surface area (TPSA) is 88.1 Å². The number of H-pyrrole nitrogens is 1. The molecule has 2 atom stereocenters. The Morgan fingerprint density at radius 1 is 1.18 bits per heavy atom. The summed E-state index contributed by atoms with van der Waals surface area (Å²) in [6, 6.07) is 14.2. The van der Waals surface area contributed by atoms with Gasteiger partial charge < -0.3 is 19.9 Å². The van der Waals surface area contributed by atoms with Crippen molar-refractivity contribution >= 4 is 34.7 Å². The van der Waals surface area contributed by atoms with Crippen LogP contribution in [0.5, 0.6) is 0 Å². The molecule has 4 heterocycles. The van der Waals surface area contributed by atoms with Crippen molar-refractivity contribution < 1.29 is 9.53 Å². The number of nitrogens with zero attached hydrogens (tertiary/aromatic N) is 4. The average Bonchev–Trinajstić information content (AvgIpc) is 3.48. The summed E-state index contributed by atoms with van der Waals surface area (Å²) < 4.78 is 7.76. The molecule has 2 unspecified atom stereocenters. The molecule has 34 heavy (non-hydrogen) atoms. The Balaban J connectivity index is 1.31. The van der Waals surface area contributed by atoms with E-state index in [1.165, 1.54) is 17.6 Å². The summed E-state index contributed by atoms with van der Waals surface area (Å²) in [6.07, 6.45) is 6.03. The van der Waals surface area contributed by atoms with E-state index in [1.54, 1.807) is 12.3 Å². The Labute approximate surface area is 202 Å². The van der Waals surface area contributed by atoms with E-state index in [9.17, 15) is 4.79 Å². The van der Waals surface area contributed by atoms with Crippen LogP contribution in [0.1, 0.15) is 30.0 Å². The Bertz CT molecular complexity index is 1310. The predicted molar refractivity (Wildman–Crippen MR) is 136 cm³/mol. The number of amides is 1. The van der Waals surface area contributed by atoms with Crippen LogP contribution in [0.4, 0.5) is 5.69 Å². The van der Waals surface area contributed by atoms with Crippen molar-refractivity contribution in [3.05, 3.63) is 66.2 Å². The molecule has 1 saturated heterocycles. The van der Waals surface area contributed by atoms with Gasteiger partial charge in [-0.25, -0.2) is 9.97 Å². The molecule has 9 heteroatoms. The van der Waals surface area contributed by atoms with Gasteiger partial charge in [0.15, 0.2) is 5.65 Å². The number of ether oxygens (including phenoxy) is 1. The van der Waals surface area contributed by atoms with Gasteiger partial charge in [-0.15, -0.1) is 0 Å². The number of hydrogen-bond acceptors (Lipinski definition) is 6. The van der Waals surface area contributed by atoms with Gasteiger partial charge in [0.05, 0.1) is 35.5 Å². The van der Waals surface area contributed by atoms with E-state index in [-0.39, 0.29) is 18.1 Å². The highest BCUT2D eigenvalue weighted by Crippen LogP contribution is 2.27. The molecule has 1 aromatic carbocycles. The monoisotopic (exact) mass is 476 g/mol. The van der Waals surface area contributed by atoms with Crippen molar-refractivity contribution in [1.82, 2.24) is 24.2 Å². The number of nitrogens with one attached hydrogen (secondary N) is 2. The molecule has 2 N–H and O–H groups in total. The normalized spacial score (nSPS) is 18.4. The Morgan fingerprint density at radius 3 is 2.76 bits per heavy atom. The van der Waals surface area contributed by atoms with Gasteiger partial charge >= 0.3 is 0 Å². The fourth-order valence-corrected chi connectivity index (χ4v) is 4.73. The van der Waals surface area contributed by atoms with Crippen molar-refractivity contribution in [2.45, 2.75) is 32.6 Å². The minimum Gasteiger partial charge on any atom is -0.372 e. The van der Waals surface area contributed by atoms with E-state index in [1.807, 2.05) is 28.6 Å². The molecule has 0 bridgehead atoms. The van der Waals surface area contributed by atoms with E-state index in [0.717, 1.165) is 29.9 Å². The number of benzene rings is 1. The number of carbonyl (C=O) groups excluding carboxylic acids is 1. The molecule has 1 fully saturated rings. The maximum Gasteiger partial charge on any atom is 0.253 e. The maximum absolute atomic E-state index is 12.4. The fourth-order valence-electron chi connectivity index (χ4n) is 4.33. The summed E-state index contributed by atoms with van der Waals surface area (Å²) in [6.45, 7) is 6.27. The second-order valence-corrected chi connectivity index (χ2v) is 9.38. The van der Waals surface area contributed by atoms with Crippen LogP contribution in [-0.2, 0) is 11.3 Å². The summed E-state index contributed by atoms with van der Waals surface area (Å²) in [4.78, 5) is 27.4. The lowest BCUT2D eigenvalue weighted by molar-refractivity contribution is -0.00521. The third kappa shape index (κ3) is 4.80. The number of morpholine rings is 1. The number of hydrogen-bond donors (Lipinski definition) is 2. The van der Waals surface area contributed by atoms with Crippen molar-refractivity contribution in [3.8, 4) is 11.3 Å². The molecule has 5 rings (SSSR count). The number of aromatic nitrogens is 4. The molecule has 4 aromatic rings. The zero-order chi connectivity index (χ0) is 23.7. The molecule has 0 aliphatic carbocycles. The maximum atomic E-state index is 12.4. The van der Waals surface area contributed by atoms with E-state index in [4.69, 9.17) is 9.72 Å².